The lowest BCUT2D eigenvalue weighted by atomic mass is 10.1. The van der Waals surface area contributed by atoms with Gasteiger partial charge in [0.25, 0.3) is 0 Å². The maximum atomic E-state index is 12.4. The number of benzene rings is 1. The highest BCUT2D eigenvalue weighted by Gasteiger charge is 2.68. The van der Waals surface area contributed by atoms with Crippen molar-refractivity contribution in [1.82, 2.24) is 4.90 Å². The van der Waals surface area contributed by atoms with E-state index in [-0.39, 0.29) is 6.23 Å². The second-order valence-corrected chi connectivity index (χ2v) is 5.58. The molecule has 1 amide bonds. The fourth-order valence-corrected chi connectivity index (χ4v) is 3.95. The Hall–Kier alpha value is -1.35. The quantitative estimate of drug-likeness (QED) is 0.797. The van der Waals surface area contributed by atoms with Crippen LogP contribution in [0.5, 0.6) is 0 Å². The van der Waals surface area contributed by atoms with Crippen LogP contribution >= 0.6 is 0 Å². The Bertz CT molecular complexity index is 487. The molecular formula is C15H17NO2. The third kappa shape index (κ3) is 1.20. The molecule has 94 valence electrons. The van der Waals surface area contributed by atoms with Gasteiger partial charge in [0.05, 0.1) is 12.6 Å². The molecule has 3 nitrogen and oxygen atoms in total. The molecule has 18 heavy (non-hydrogen) atoms. The van der Waals surface area contributed by atoms with Gasteiger partial charge in [0, 0.05) is 11.5 Å². The normalized spacial score (nSPS) is 40.8. The summed E-state index contributed by atoms with van der Waals surface area (Å²) in [5.41, 5.74) is 1.10. The number of fused-ring (bicyclic) bond motifs is 3. The molecular weight excluding hydrogens is 226 g/mol. The van der Waals surface area contributed by atoms with E-state index in [9.17, 15) is 4.79 Å². The standard InChI is InChI=1S/C15H17NO2/c1-2-10-12-11-8-18-15(9-6-4-3-5-7-9)16(11)14(17)13(10)12/h3-7,10-13,15H,2,8H2,1H3/t10-,11-,12-,13-,15-/m1/s1. The van der Waals surface area contributed by atoms with Crippen molar-refractivity contribution >= 4 is 5.91 Å². The molecule has 0 unspecified atom stereocenters. The Balaban J connectivity index is 1.63. The zero-order valence-corrected chi connectivity index (χ0v) is 10.5. The predicted octanol–water partition coefficient (Wildman–Crippen LogP) is 2.20. The lowest BCUT2D eigenvalue weighted by Crippen LogP contribution is -2.36. The van der Waals surface area contributed by atoms with Gasteiger partial charge in [-0.3, -0.25) is 4.79 Å². The fraction of sp³-hybridized carbons (Fsp3) is 0.533. The maximum absolute atomic E-state index is 12.4. The summed E-state index contributed by atoms with van der Waals surface area (Å²) in [5, 5.41) is 0. The minimum absolute atomic E-state index is 0.144. The Morgan fingerprint density at radius 3 is 2.83 bits per heavy atom. The van der Waals surface area contributed by atoms with Crippen molar-refractivity contribution in [1.29, 1.82) is 0 Å². The smallest absolute Gasteiger partial charge is 0.228 e. The monoisotopic (exact) mass is 243 g/mol. The van der Waals surface area contributed by atoms with Crippen LogP contribution in [0.15, 0.2) is 30.3 Å². The van der Waals surface area contributed by atoms with Crippen LogP contribution in [0.25, 0.3) is 0 Å². The second-order valence-electron chi connectivity index (χ2n) is 5.58. The first-order valence-corrected chi connectivity index (χ1v) is 6.81. The first kappa shape index (κ1) is 10.6. The molecule has 3 heteroatoms. The van der Waals surface area contributed by atoms with Gasteiger partial charge >= 0.3 is 0 Å². The maximum Gasteiger partial charge on any atom is 0.228 e. The molecule has 1 aromatic rings. The summed E-state index contributed by atoms with van der Waals surface area (Å²) in [6.07, 6.45) is 0.982. The third-order valence-electron chi connectivity index (χ3n) is 4.80. The van der Waals surface area contributed by atoms with E-state index in [1.807, 2.05) is 35.2 Å². The van der Waals surface area contributed by atoms with E-state index < -0.39 is 0 Å². The number of piperidine rings is 1. The lowest BCUT2D eigenvalue weighted by molar-refractivity contribution is -0.137. The van der Waals surface area contributed by atoms with Crippen LogP contribution in [-0.2, 0) is 9.53 Å². The van der Waals surface area contributed by atoms with Crippen molar-refractivity contribution in [2.75, 3.05) is 6.61 Å². The number of amides is 1. The van der Waals surface area contributed by atoms with Gasteiger partial charge in [-0.2, -0.15) is 0 Å². The van der Waals surface area contributed by atoms with Crippen molar-refractivity contribution in [3.8, 4) is 0 Å². The Morgan fingerprint density at radius 2 is 2.11 bits per heavy atom. The number of rotatable bonds is 2. The first-order chi connectivity index (χ1) is 8.83. The summed E-state index contributed by atoms with van der Waals surface area (Å²) >= 11 is 0. The van der Waals surface area contributed by atoms with E-state index in [1.165, 1.54) is 0 Å². The van der Waals surface area contributed by atoms with E-state index >= 15 is 0 Å². The highest BCUT2D eigenvalue weighted by atomic mass is 16.5. The number of hydrogen-bond acceptors (Lipinski definition) is 2. The average Bonchev–Trinajstić information content (AvgIpc) is 2.85. The molecule has 0 radical (unpaired) electrons. The van der Waals surface area contributed by atoms with Gasteiger partial charge in [0.1, 0.15) is 0 Å². The SMILES string of the molecule is CC[C@H]1[C@H]2C(=O)N3[C@@H](c4ccccc4)OC[C@@H]3[C@@H]12. The number of carbonyl (C=O) groups is 1. The van der Waals surface area contributed by atoms with Crippen molar-refractivity contribution in [2.45, 2.75) is 25.6 Å². The van der Waals surface area contributed by atoms with Crippen molar-refractivity contribution in [3.63, 3.8) is 0 Å². The van der Waals surface area contributed by atoms with E-state index in [4.69, 9.17) is 4.74 Å². The van der Waals surface area contributed by atoms with Crippen molar-refractivity contribution in [2.24, 2.45) is 17.8 Å². The van der Waals surface area contributed by atoms with Crippen LogP contribution in [0.3, 0.4) is 0 Å². The first-order valence-electron chi connectivity index (χ1n) is 6.81. The topological polar surface area (TPSA) is 29.5 Å². The Morgan fingerprint density at radius 1 is 1.33 bits per heavy atom. The number of hydrogen-bond donors (Lipinski definition) is 0. The highest BCUT2D eigenvalue weighted by molar-refractivity contribution is 5.86. The molecule has 1 saturated carbocycles. The molecule has 0 aromatic heterocycles. The van der Waals surface area contributed by atoms with Gasteiger partial charge in [0.15, 0.2) is 6.23 Å². The Kier molecular flexibility index (Phi) is 2.10. The van der Waals surface area contributed by atoms with Gasteiger partial charge in [-0.15, -0.1) is 0 Å². The minimum atomic E-state index is -0.144. The zero-order valence-electron chi connectivity index (χ0n) is 10.5. The van der Waals surface area contributed by atoms with Gasteiger partial charge < -0.3 is 9.64 Å². The van der Waals surface area contributed by atoms with E-state index in [0.29, 0.717) is 36.3 Å². The van der Waals surface area contributed by atoms with Crippen molar-refractivity contribution in [3.05, 3.63) is 35.9 Å². The minimum Gasteiger partial charge on any atom is -0.352 e. The summed E-state index contributed by atoms with van der Waals surface area (Å²) in [7, 11) is 0. The van der Waals surface area contributed by atoms with Crippen LogP contribution in [0, 0.1) is 17.8 Å². The van der Waals surface area contributed by atoms with E-state index in [0.717, 1.165) is 12.0 Å². The zero-order chi connectivity index (χ0) is 12.3. The van der Waals surface area contributed by atoms with Gasteiger partial charge in [-0.05, 0) is 11.8 Å². The molecule has 1 aromatic carbocycles. The summed E-state index contributed by atoms with van der Waals surface area (Å²) < 4.78 is 5.87. The molecule has 2 saturated heterocycles. The number of ether oxygens (including phenoxy) is 1. The average molecular weight is 243 g/mol. The molecule has 3 fully saturated rings. The van der Waals surface area contributed by atoms with Crippen molar-refractivity contribution < 1.29 is 9.53 Å². The highest BCUT2D eigenvalue weighted by Crippen LogP contribution is 2.61. The molecule has 0 N–H and O–H groups in total. The van der Waals surface area contributed by atoms with Crippen LogP contribution in [-0.4, -0.2) is 23.5 Å². The molecule has 0 bridgehead atoms. The molecule has 1 aliphatic carbocycles. The summed E-state index contributed by atoms with van der Waals surface area (Å²) in [4.78, 5) is 14.4. The summed E-state index contributed by atoms with van der Waals surface area (Å²) in [6, 6.07) is 10.4. The molecule has 3 aliphatic rings. The summed E-state index contributed by atoms with van der Waals surface area (Å²) in [6.45, 7) is 2.90. The van der Waals surface area contributed by atoms with E-state index in [2.05, 4.69) is 6.92 Å². The largest absolute Gasteiger partial charge is 0.352 e. The number of nitrogens with zero attached hydrogens (tertiary/aromatic N) is 1. The van der Waals surface area contributed by atoms with Crippen LogP contribution in [0.4, 0.5) is 0 Å². The van der Waals surface area contributed by atoms with Crippen LogP contribution < -0.4 is 0 Å². The summed E-state index contributed by atoms with van der Waals surface area (Å²) in [5.74, 6) is 1.81. The van der Waals surface area contributed by atoms with Crippen LogP contribution in [0.2, 0.25) is 0 Å². The lowest BCUT2D eigenvalue weighted by Gasteiger charge is -2.25. The van der Waals surface area contributed by atoms with Gasteiger partial charge in [-0.1, -0.05) is 43.7 Å². The second kappa shape index (κ2) is 3.58. The predicted molar refractivity (Wildman–Crippen MR) is 66.5 cm³/mol. The molecule has 2 heterocycles. The molecule has 5 atom stereocenters. The van der Waals surface area contributed by atoms with Gasteiger partial charge in [-0.25, -0.2) is 0 Å². The molecule has 4 rings (SSSR count). The number of carbonyl (C=O) groups excluding carboxylic acids is 1. The molecule has 0 spiro atoms. The van der Waals surface area contributed by atoms with E-state index in [1.54, 1.807) is 0 Å². The molecule has 2 aliphatic heterocycles. The van der Waals surface area contributed by atoms with Gasteiger partial charge in [0.2, 0.25) is 5.91 Å². The fourth-order valence-electron chi connectivity index (χ4n) is 3.95. The Labute approximate surface area is 107 Å². The van der Waals surface area contributed by atoms with Crippen LogP contribution in [0.1, 0.15) is 25.1 Å². The third-order valence-corrected chi connectivity index (χ3v) is 4.80.